The number of hydrogen-bond acceptors (Lipinski definition) is 5. The first-order valence-corrected chi connectivity index (χ1v) is 6.83. The van der Waals surface area contributed by atoms with Crippen LogP contribution in [0.1, 0.15) is 46.1 Å². The summed E-state index contributed by atoms with van der Waals surface area (Å²) in [7, 11) is 0. The second-order valence-electron chi connectivity index (χ2n) is 4.70. The molecule has 6 nitrogen and oxygen atoms in total. The van der Waals surface area contributed by atoms with E-state index in [1.54, 1.807) is 6.07 Å². The molecular formula is C16H16N2O4. The summed E-state index contributed by atoms with van der Waals surface area (Å²) in [6, 6.07) is 7.59. The van der Waals surface area contributed by atoms with Crippen LogP contribution in [0.2, 0.25) is 0 Å². The largest absolute Gasteiger partial charge is 0.486 e. The molecule has 0 saturated carbocycles. The lowest BCUT2D eigenvalue weighted by atomic mass is 10.1. The molecule has 0 spiro atoms. The molecule has 0 amide bonds. The van der Waals surface area contributed by atoms with E-state index >= 15 is 0 Å². The van der Waals surface area contributed by atoms with E-state index < -0.39 is 5.97 Å². The smallest absolute Gasteiger partial charge is 0.355 e. The molecule has 0 unspecified atom stereocenters. The predicted octanol–water partition coefficient (Wildman–Crippen LogP) is 2.52. The number of aryl methyl sites for hydroxylation is 1. The van der Waals surface area contributed by atoms with E-state index in [1.807, 2.05) is 25.1 Å². The number of aromatic carboxylic acids is 1. The lowest BCUT2D eigenvalue weighted by Gasteiger charge is -2.08. The lowest BCUT2D eigenvalue weighted by molar-refractivity contribution is 0.0684. The van der Waals surface area contributed by atoms with Gasteiger partial charge in [-0.1, -0.05) is 19.1 Å². The number of Topliss-reactive ketones (excluding diaryl/α,β-unsaturated/α-hetero) is 1. The number of hydrogen-bond donors (Lipinski definition) is 1. The monoisotopic (exact) mass is 300 g/mol. The molecule has 0 radical (unpaired) electrons. The summed E-state index contributed by atoms with van der Waals surface area (Å²) in [6.07, 6.45) is 2.12. The molecule has 1 N–H and O–H groups in total. The normalized spacial score (nSPS) is 10.3. The first-order chi connectivity index (χ1) is 10.5. The quantitative estimate of drug-likeness (QED) is 0.824. The van der Waals surface area contributed by atoms with Crippen LogP contribution < -0.4 is 4.74 Å². The van der Waals surface area contributed by atoms with E-state index in [1.165, 1.54) is 13.1 Å². The molecule has 6 heteroatoms. The Morgan fingerprint density at radius 1 is 1.32 bits per heavy atom. The van der Waals surface area contributed by atoms with Gasteiger partial charge in [0.05, 0.1) is 5.56 Å². The summed E-state index contributed by atoms with van der Waals surface area (Å²) in [5.41, 5.74) is 0.823. The van der Waals surface area contributed by atoms with Crippen molar-refractivity contribution in [3.63, 3.8) is 0 Å². The fourth-order valence-electron chi connectivity index (χ4n) is 1.91. The first-order valence-electron chi connectivity index (χ1n) is 6.83. The minimum absolute atomic E-state index is 0.00997. The van der Waals surface area contributed by atoms with E-state index in [2.05, 4.69) is 9.97 Å². The average molecular weight is 300 g/mol. The van der Waals surface area contributed by atoms with E-state index in [4.69, 9.17) is 9.84 Å². The Labute approximate surface area is 127 Å². The Morgan fingerprint density at radius 3 is 2.73 bits per heavy atom. The van der Waals surface area contributed by atoms with Gasteiger partial charge in [-0.05, 0) is 31.0 Å². The Morgan fingerprint density at radius 2 is 2.09 bits per heavy atom. The van der Waals surface area contributed by atoms with Crippen LogP contribution in [0.3, 0.4) is 0 Å². The Bertz CT molecular complexity index is 713. The molecule has 0 bridgehead atoms. The van der Waals surface area contributed by atoms with Gasteiger partial charge in [-0.15, -0.1) is 0 Å². The van der Waals surface area contributed by atoms with E-state index in [0.717, 1.165) is 12.0 Å². The van der Waals surface area contributed by atoms with Gasteiger partial charge in [-0.3, -0.25) is 4.79 Å². The number of ketones is 1. The van der Waals surface area contributed by atoms with Gasteiger partial charge in [-0.2, -0.15) is 0 Å². The number of benzene rings is 1. The van der Waals surface area contributed by atoms with Crippen LogP contribution in [0.4, 0.5) is 0 Å². The highest BCUT2D eigenvalue weighted by Gasteiger charge is 2.17. The fraction of sp³-hybridized carbons (Fsp3) is 0.250. The molecule has 0 saturated heterocycles. The number of carbonyl (C=O) groups is 2. The van der Waals surface area contributed by atoms with E-state index in [-0.39, 0.29) is 29.5 Å². The second-order valence-corrected chi connectivity index (χ2v) is 4.70. The third-order valence-corrected chi connectivity index (χ3v) is 3.10. The molecule has 0 aliphatic carbocycles. The van der Waals surface area contributed by atoms with Crippen molar-refractivity contribution < 1.29 is 19.4 Å². The molecular weight excluding hydrogens is 284 g/mol. The number of nitrogens with zero attached hydrogens (tertiary/aromatic N) is 2. The number of ether oxygens (including phenoxy) is 1. The summed E-state index contributed by atoms with van der Waals surface area (Å²) >= 11 is 0. The minimum atomic E-state index is -1.26. The zero-order chi connectivity index (χ0) is 16.1. The molecule has 22 heavy (non-hydrogen) atoms. The maximum absolute atomic E-state index is 11.4. The lowest BCUT2D eigenvalue weighted by Crippen LogP contribution is -2.13. The van der Waals surface area contributed by atoms with Crippen LogP contribution in [0, 0.1) is 0 Å². The average Bonchev–Trinajstić information content (AvgIpc) is 2.52. The first kappa shape index (κ1) is 15.6. The number of carboxylic acid groups (broad SMARTS) is 1. The molecule has 0 atom stereocenters. The van der Waals surface area contributed by atoms with E-state index in [0.29, 0.717) is 5.75 Å². The minimum Gasteiger partial charge on any atom is -0.486 e. The van der Waals surface area contributed by atoms with Crippen molar-refractivity contribution in [2.24, 2.45) is 0 Å². The van der Waals surface area contributed by atoms with Crippen LogP contribution in [-0.4, -0.2) is 26.8 Å². The molecule has 2 aromatic rings. The van der Waals surface area contributed by atoms with Gasteiger partial charge in [0.15, 0.2) is 17.3 Å². The second kappa shape index (κ2) is 6.80. The highest BCUT2D eigenvalue weighted by Crippen LogP contribution is 2.15. The number of rotatable bonds is 6. The third kappa shape index (κ3) is 3.66. The number of aromatic nitrogens is 2. The molecule has 114 valence electrons. The Balaban J connectivity index is 2.18. The molecule has 0 fully saturated rings. The molecule has 1 aromatic heterocycles. The SMILES string of the molecule is CCc1cccc(OCc2ncc(C(C)=O)c(C(=O)O)n2)c1. The zero-order valence-electron chi connectivity index (χ0n) is 12.4. The van der Waals surface area contributed by atoms with Crippen molar-refractivity contribution in [1.29, 1.82) is 0 Å². The van der Waals surface area contributed by atoms with Gasteiger partial charge in [0.1, 0.15) is 12.4 Å². The van der Waals surface area contributed by atoms with Crippen molar-refractivity contribution >= 4 is 11.8 Å². The maximum Gasteiger partial charge on any atom is 0.355 e. The standard InChI is InChI=1S/C16H16N2O4/c1-3-11-5-4-6-12(7-11)22-9-14-17-8-13(10(2)19)15(18-14)16(20)21/h4-8H,3,9H2,1-2H3,(H,20,21). The summed E-state index contributed by atoms with van der Waals surface area (Å²) in [5.74, 6) is -0.776. The van der Waals surface area contributed by atoms with Crippen LogP contribution in [-0.2, 0) is 13.0 Å². The van der Waals surface area contributed by atoms with Crippen LogP contribution in [0.5, 0.6) is 5.75 Å². The number of carbonyl (C=O) groups excluding carboxylic acids is 1. The highest BCUT2D eigenvalue weighted by atomic mass is 16.5. The summed E-state index contributed by atoms with van der Waals surface area (Å²) in [4.78, 5) is 30.4. The molecule has 0 aliphatic rings. The Kier molecular flexibility index (Phi) is 4.83. The molecule has 1 heterocycles. The molecule has 1 aromatic carbocycles. The van der Waals surface area contributed by atoms with Crippen LogP contribution >= 0.6 is 0 Å². The van der Waals surface area contributed by atoms with Crippen molar-refractivity contribution in [3.05, 3.63) is 53.1 Å². The van der Waals surface area contributed by atoms with Crippen LogP contribution in [0.15, 0.2) is 30.5 Å². The van der Waals surface area contributed by atoms with Gasteiger partial charge in [0.25, 0.3) is 0 Å². The third-order valence-electron chi connectivity index (χ3n) is 3.10. The van der Waals surface area contributed by atoms with Gasteiger partial charge in [0, 0.05) is 6.20 Å². The van der Waals surface area contributed by atoms with Crippen molar-refractivity contribution in [1.82, 2.24) is 9.97 Å². The molecule has 0 aliphatic heterocycles. The fourth-order valence-corrected chi connectivity index (χ4v) is 1.91. The van der Waals surface area contributed by atoms with Crippen molar-refractivity contribution in [3.8, 4) is 5.75 Å². The topological polar surface area (TPSA) is 89.4 Å². The summed E-state index contributed by atoms with van der Waals surface area (Å²) in [5, 5.41) is 9.11. The van der Waals surface area contributed by atoms with Gasteiger partial charge >= 0.3 is 5.97 Å². The van der Waals surface area contributed by atoms with Gasteiger partial charge in [-0.25, -0.2) is 14.8 Å². The molecule has 2 rings (SSSR count). The van der Waals surface area contributed by atoms with Gasteiger partial charge < -0.3 is 9.84 Å². The highest BCUT2D eigenvalue weighted by molar-refractivity contribution is 6.03. The summed E-state index contributed by atoms with van der Waals surface area (Å²) < 4.78 is 5.57. The summed E-state index contributed by atoms with van der Waals surface area (Å²) in [6.45, 7) is 3.35. The van der Waals surface area contributed by atoms with E-state index in [9.17, 15) is 9.59 Å². The number of carboxylic acids is 1. The van der Waals surface area contributed by atoms with Crippen LogP contribution in [0.25, 0.3) is 0 Å². The Hall–Kier alpha value is -2.76. The maximum atomic E-state index is 11.4. The van der Waals surface area contributed by atoms with Crippen molar-refractivity contribution in [2.45, 2.75) is 26.9 Å². The van der Waals surface area contributed by atoms with Crippen molar-refractivity contribution in [2.75, 3.05) is 0 Å². The predicted molar refractivity (Wildman–Crippen MR) is 79.1 cm³/mol. The zero-order valence-corrected chi connectivity index (χ0v) is 12.4. The van der Waals surface area contributed by atoms with Gasteiger partial charge in [0.2, 0.25) is 0 Å².